The summed E-state index contributed by atoms with van der Waals surface area (Å²) < 4.78 is 5.63. The number of nitrogens with one attached hydrogen (secondary N) is 1. The first kappa shape index (κ1) is 15.6. The van der Waals surface area contributed by atoms with Crippen molar-refractivity contribution < 1.29 is 9.53 Å². The molecular weight excluding hydrogens is 268 g/mol. The molecule has 2 atom stereocenters. The first-order valence-corrected chi connectivity index (χ1v) is 7.26. The number of nitrogens with zero attached hydrogens (tertiary/aromatic N) is 3. The molecule has 1 saturated heterocycles. The smallest absolute Gasteiger partial charge is 0.317 e. The molecule has 2 rings (SSSR count). The fourth-order valence-electron chi connectivity index (χ4n) is 2.42. The van der Waals surface area contributed by atoms with E-state index in [1.54, 1.807) is 11.1 Å². The Hall–Kier alpha value is -1.82. The molecule has 2 amide bonds. The van der Waals surface area contributed by atoms with Crippen LogP contribution in [0.15, 0.2) is 18.3 Å². The predicted octanol–water partition coefficient (Wildman–Crippen LogP) is 1.47. The third-order valence-corrected chi connectivity index (χ3v) is 3.42. The van der Waals surface area contributed by atoms with Gasteiger partial charge in [0.05, 0.1) is 12.2 Å². The van der Waals surface area contributed by atoms with Crippen molar-refractivity contribution in [3.05, 3.63) is 23.9 Å². The Labute approximate surface area is 126 Å². The van der Waals surface area contributed by atoms with E-state index in [-0.39, 0.29) is 18.2 Å². The van der Waals surface area contributed by atoms with E-state index in [0.29, 0.717) is 19.6 Å². The van der Waals surface area contributed by atoms with E-state index >= 15 is 0 Å². The summed E-state index contributed by atoms with van der Waals surface area (Å²) in [6, 6.07) is 3.88. The van der Waals surface area contributed by atoms with Crippen molar-refractivity contribution in [2.45, 2.75) is 32.6 Å². The van der Waals surface area contributed by atoms with Crippen LogP contribution in [-0.2, 0) is 11.3 Å². The van der Waals surface area contributed by atoms with Crippen molar-refractivity contribution in [2.24, 2.45) is 0 Å². The summed E-state index contributed by atoms with van der Waals surface area (Å²) in [4.78, 5) is 20.3. The van der Waals surface area contributed by atoms with Gasteiger partial charge in [-0.1, -0.05) is 6.07 Å². The molecule has 0 unspecified atom stereocenters. The Morgan fingerprint density at radius 3 is 2.57 bits per heavy atom. The molecule has 0 bridgehead atoms. The van der Waals surface area contributed by atoms with Crippen LogP contribution in [0.3, 0.4) is 0 Å². The quantitative estimate of drug-likeness (QED) is 0.916. The monoisotopic (exact) mass is 292 g/mol. The molecule has 0 saturated carbocycles. The second kappa shape index (κ2) is 6.76. The average molecular weight is 292 g/mol. The van der Waals surface area contributed by atoms with Crippen LogP contribution in [0.1, 0.15) is 19.4 Å². The van der Waals surface area contributed by atoms with Gasteiger partial charge in [-0.3, -0.25) is 0 Å². The number of urea groups is 1. The average Bonchev–Trinajstić information content (AvgIpc) is 2.44. The van der Waals surface area contributed by atoms with Crippen LogP contribution in [0.5, 0.6) is 0 Å². The van der Waals surface area contributed by atoms with E-state index in [1.807, 2.05) is 45.0 Å². The van der Waals surface area contributed by atoms with Crippen LogP contribution >= 0.6 is 0 Å². The molecule has 1 aliphatic heterocycles. The number of amides is 2. The van der Waals surface area contributed by atoms with Crippen LogP contribution in [-0.4, -0.2) is 55.3 Å². The SMILES string of the molecule is C[C@H]1CN(C(=O)NCc2ccc(N(C)C)nc2)C[C@H](C)O1. The van der Waals surface area contributed by atoms with Gasteiger partial charge in [0.15, 0.2) is 0 Å². The van der Waals surface area contributed by atoms with Crippen LogP contribution in [0.25, 0.3) is 0 Å². The number of aromatic nitrogens is 1. The molecule has 2 heterocycles. The van der Waals surface area contributed by atoms with Crippen molar-refractivity contribution in [3.8, 4) is 0 Å². The van der Waals surface area contributed by atoms with Crippen molar-refractivity contribution in [3.63, 3.8) is 0 Å². The summed E-state index contributed by atoms with van der Waals surface area (Å²) in [7, 11) is 3.90. The Kier molecular flexibility index (Phi) is 5.01. The molecule has 6 nitrogen and oxygen atoms in total. The lowest BCUT2D eigenvalue weighted by molar-refractivity contribution is -0.0545. The second-order valence-corrected chi connectivity index (χ2v) is 5.74. The molecule has 116 valence electrons. The maximum absolute atomic E-state index is 12.2. The highest BCUT2D eigenvalue weighted by Gasteiger charge is 2.25. The molecule has 6 heteroatoms. The van der Waals surface area contributed by atoms with Crippen LogP contribution in [0.4, 0.5) is 10.6 Å². The van der Waals surface area contributed by atoms with E-state index in [1.165, 1.54) is 0 Å². The Morgan fingerprint density at radius 1 is 1.38 bits per heavy atom. The summed E-state index contributed by atoms with van der Waals surface area (Å²) in [5.41, 5.74) is 0.989. The maximum atomic E-state index is 12.2. The number of anilines is 1. The minimum absolute atomic E-state index is 0.0475. The van der Waals surface area contributed by atoms with Gasteiger partial charge < -0.3 is 19.9 Å². The lowest BCUT2D eigenvalue weighted by Crippen LogP contribution is -2.51. The van der Waals surface area contributed by atoms with Crippen LogP contribution < -0.4 is 10.2 Å². The highest BCUT2D eigenvalue weighted by atomic mass is 16.5. The fraction of sp³-hybridized carbons (Fsp3) is 0.600. The largest absolute Gasteiger partial charge is 0.372 e. The standard InChI is InChI=1S/C15H24N4O2/c1-11-9-19(10-12(2)21-11)15(20)17-8-13-5-6-14(16-7-13)18(3)4/h5-7,11-12H,8-10H2,1-4H3,(H,17,20)/t11-,12-/m0/s1. The predicted molar refractivity (Wildman–Crippen MR) is 82.4 cm³/mol. The number of carbonyl (C=O) groups excluding carboxylic acids is 1. The van der Waals surface area contributed by atoms with Gasteiger partial charge in [0.1, 0.15) is 5.82 Å². The van der Waals surface area contributed by atoms with Crippen molar-refractivity contribution in [2.75, 3.05) is 32.1 Å². The topological polar surface area (TPSA) is 57.7 Å². The lowest BCUT2D eigenvalue weighted by Gasteiger charge is -2.35. The summed E-state index contributed by atoms with van der Waals surface area (Å²) in [5, 5.41) is 2.94. The molecule has 0 aromatic carbocycles. The van der Waals surface area contributed by atoms with Crippen molar-refractivity contribution in [1.29, 1.82) is 0 Å². The first-order valence-electron chi connectivity index (χ1n) is 7.26. The third kappa shape index (κ3) is 4.32. The number of ether oxygens (including phenoxy) is 1. The zero-order valence-electron chi connectivity index (χ0n) is 13.2. The third-order valence-electron chi connectivity index (χ3n) is 3.42. The summed E-state index contributed by atoms with van der Waals surface area (Å²) >= 11 is 0. The molecule has 1 aromatic heterocycles. The Morgan fingerprint density at radius 2 is 2.05 bits per heavy atom. The number of rotatable bonds is 3. The highest BCUT2D eigenvalue weighted by molar-refractivity contribution is 5.74. The fourth-order valence-corrected chi connectivity index (χ4v) is 2.42. The minimum Gasteiger partial charge on any atom is -0.372 e. The van der Waals surface area contributed by atoms with Gasteiger partial charge in [-0.2, -0.15) is 0 Å². The number of hydrogen-bond acceptors (Lipinski definition) is 4. The molecule has 1 fully saturated rings. The summed E-state index contributed by atoms with van der Waals surface area (Å²) in [6.07, 6.45) is 1.96. The van der Waals surface area contributed by atoms with E-state index in [0.717, 1.165) is 11.4 Å². The van der Waals surface area contributed by atoms with Crippen LogP contribution in [0.2, 0.25) is 0 Å². The molecule has 0 aliphatic carbocycles. The molecule has 0 spiro atoms. The van der Waals surface area contributed by atoms with E-state index in [9.17, 15) is 4.79 Å². The number of pyridine rings is 1. The summed E-state index contributed by atoms with van der Waals surface area (Å²) in [6.45, 7) is 5.72. The molecule has 1 N–H and O–H groups in total. The summed E-state index contributed by atoms with van der Waals surface area (Å²) in [5.74, 6) is 0.904. The van der Waals surface area contributed by atoms with Crippen molar-refractivity contribution >= 4 is 11.8 Å². The van der Waals surface area contributed by atoms with Gasteiger partial charge in [-0.05, 0) is 25.5 Å². The van der Waals surface area contributed by atoms with Gasteiger partial charge in [0.2, 0.25) is 0 Å². The molecule has 1 aromatic rings. The van der Waals surface area contributed by atoms with Crippen LogP contribution in [0, 0.1) is 0 Å². The van der Waals surface area contributed by atoms with Gasteiger partial charge in [0, 0.05) is 39.9 Å². The zero-order valence-corrected chi connectivity index (χ0v) is 13.2. The van der Waals surface area contributed by atoms with Gasteiger partial charge in [-0.25, -0.2) is 9.78 Å². The van der Waals surface area contributed by atoms with E-state index in [2.05, 4.69) is 10.3 Å². The van der Waals surface area contributed by atoms with E-state index in [4.69, 9.17) is 4.74 Å². The molecule has 0 radical (unpaired) electrons. The molecule has 1 aliphatic rings. The lowest BCUT2D eigenvalue weighted by atomic mass is 10.2. The minimum atomic E-state index is -0.0475. The molecular formula is C15H24N4O2. The normalized spacial score (nSPS) is 22.0. The second-order valence-electron chi connectivity index (χ2n) is 5.74. The maximum Gasteiger partial charge on any atom is 0.317 e. The van der Waals surface area contributed by atoms with Gasteiger partial charge in [-0.15, -0.1) is 0 Å². The Bertz CT molecular complexity index is 465. The zero-order chi connectivity index (χ0) is 15.4. The first-order chi connectivity index (χ1) is 9.95. The van der Waals surface area contributed by atoms with Crippen molar-refractivity contribution in [1.82, 2.24) is 15.2 Å². The Balaban J connectivity index is 1.86. The number of hydrogen-bond donors (Lipinski definition) is 1. The van der Waals surface area contributed by atoms with Gasteiger partial charge >= 0.3 is 6.03 Å². The number of carbonyl (C=O) groups is 1. The highest BCUT2D eigenvalue weighted by Crippen LogP contribution is 2.11. The number of morpholine rings is 1. The molecule has 21 heavy (non-hydrogen) atoms. The van der Waals surface area contributed by atoms with E-state index < -0.39 is 0 Å². The van der Waals surface area contributed by atoms with Gasteiger partial charge in [0.25, 0.3) is 0 Å².